The van der Waals surface area contributed by atoms with E-state index in [2.05, 4.69) is 20.4 Å². The fourth-order valence-electron chi connectivity index (χ4n) is 3.03. The zero-order valence-electron chi connectivity index (χ0n) is 16.2. The molecule has 3 aromatic heterocycles. The average molecular weight is 384 g/mol. The molecule has 0 aliphatic heterocycles. The number of nitrogens with zero attached hydrogens (tertiary/aromatic N) is 4. The standard InChI is InChI=1S/C19H24N6O3/c1-4-25-16-15(18(27)23-19(25)28)13(11-14(22-16)12(2)3)17(26)20-7-5-9-24-10-6-8-21-24/h6,8,10-12H,4-5,7,9H2,1-3H3,(H,20,26)(H,23,27,28). The monoisotopic (exact) mass is 384 g/mol. The van der Waals surface area contributed by atoms with Gasteiger partial charge >= 0.3 is 5.69 Å². The van der Waals surface area contributed by atoms with Crippen molar-refractivity contribution < 1.29 is 4.79 Å². The van der Waals surface area contributed by atoms with Crippen molar-refractivity contribution in [2.45, 2.75) is 46.2 Å². The summed E-state index contributed by atoms with van der Waals surface area (Å²) in [7, 11) is 0. The van der Waals surface area contributed by atoms with Crippen molar-refractivity contribution in [3.63, 3.8) is 0 Å². The predicted octanol–water partition coefficient (Wildman–Crippen LogP) is 1.24. The molecule has 3 heterocycles. The fraction of sp³-hybridized carbons (Fsp3) is 0.421. The largest absolute Gasteiger partial charge is 0.352 e. The van der Waals surface area contributed by atoms with Crippen molar-refractivity contribution in [3.05, 3.63) is 56.6 Å². The van der Waals surface area contributed by atoms with Gasteiger partial charge in [0.25, 0.3) is 11.5 Å². The predicted molar refractivity (Wildman–Crippen MR) is 106 cm³/mol. The smallest absolute Gasteiger partial charge is 0.329 e. The van der Waals surface area contributed by atoms with Gasteiger partial charge in [0.05, 0.1) is 10.9 Å². The lowest BCUT2D eigenvalue weighted by atomic mass is 10.0. The zero-order valence-corrected chi connectivity index (χ0v) is 16.2. The third-order valence-corrected chi connectivity index (χ3v) is 4.53. The number of pyridine rings is 1. The highest BCUT2D eigenvalue weighted by Crippen LogP contribution is 2.19. The molecule has 148 valence electrons. The molecule has 0 fully saturated rings. The Morgan fingerprint density at radius 3 is 2.75 bits per heavy atom. The van der Waals surface area contributed by atoms with E-state index in [4.69, 9.17) is 0 Å². The van der Waals surface area contributed by atoms with Crippen LogP contribution in [-0.2, 0) is 13.1 Å². The maximum absolute atomic E-state index is 12.8. The molecule has 0 radical (unpaired) electrons. The molecule has 0 spiro atoms. The van der Waals surface area contributed by atoms with Gasteiger partial charge in [0, 0.05) is 37.7 Å². The molecule has 0 saturated heterocycles. The van der Waals surface area contributed by atoms with E-state index in [1.54, 1.807) is 23.9 Å². The number of H-pyrrole nitrogens is 1. The van der Waals surface area contributed by atoms with Gasteiger partial charge in [-0.1, -0.05) is 13.8 Å². The van der Waals surface area contributed by atoms with E-state index in [0.29, 0.717) is 31.7 Å². The van der Waals surface area contributed by atoms with Gasteiger partial charge in [-0.05, 0) is 31.4 Å². The summed E-state index contributed by atoms with van der Waals surface area (Å²) in [6, 6.07) is 3.48. The van der Waals surface area contributed by atoms with Crippen molar-refractivity contribution >= 4 is 16.9 Å². The number of hydrogen-bond donors (Lipinski definition) is 2. The molecule has 0 aromatic carbocycles. The molecule has 9 heteroatoms. The molecule has 0 unspecified atom stereocenters. The number of aromatic nitrogens is 5. The first kappa shape index (κ1) is 19.5. The van der Waals surface area contributed by atoms with E-state index in [1.165, 1.54) is 4.57 Å². The first-order valence-electron chi connectivity index (χ1n) is 9.35. The van der Waals surface area contributed by atoms with Crippen LogP contribution in [0, 0.1) is 0 Å². The van der Waals surface area contributed by atoms with Crippen molar-refractivity contribution in [2.24, 2.45) is 0 Å². The minimum atomic E-state index is -0.603. The van der Waals surface area contributed by atoms with Crippen molar-refractivity contribution in [1.82, 2.24) is 29.6 Å². The number of carbonyl (C=O) groups excluding carboxylic acids is 1. The summed E-state index contributed by atoms with van der Waals surface area (Å²) < 4.78 is 3.16. The number of aromatic amines is 1. The van der Waals surface area contributed by atoms with Crippen LogP contribution in [0.25, 0.3) is 11.0 Å². The van der Waals surface area contributed by atoms with Crippen LogP contribution in [0.15, 0.2) is 34.1 Å². The minimum absolute atomic E-state index is 0.0375. The topological polar surface area (TPSA) is 115 Å². The summed E-state index contributed by atoms with van der Waals surface area (Å²) in [4.78, 5) is 44.2. The maximum Gasteiger partial charge on any atom is 0.329 e. The summed E-state index contributed by atoms with van der Waals surface area (Å²) in [6.45, 7) is 7.13. The summed E-state index contributed by atoms with van der Waals surface area (Å²) in [5.41, 5.74) is -0.00467. The van der Waals surface area contributed by atoms with Crippen LogP contribution in [0.4, 0.5) is 0 Å². The Morgan fingerprint density at radius 2 is 2.11 bits per heavy atom. The van der Waals surface area contributed by atoms with Gasteiger partial charge in [-0.25, -0.2) is 9.78 Å². The van der Waals surface area contributed by atoms with E-state index >= 15 is 0 Å². The Bertz CT molecular complexity index is 1100. The molecule has 0 saturated carbocycles. The Labute approximate surface area is 161 Å². The van der Waals surface area contributed by atoms with Crippen molar-refractivity contribution in [1.29, 1.82) is 0 Å². The van der Waals surface area contributed by atoms with Gasteiger partial charge in [-0.15, -0.1) is 0 Å². The number of nitrogens with one attached hydrogen (secondary N) is 2. The fourth-order valence-corrected chi connectivity index (χ4v) is 3.03. The van der Waals surface area contributed by atoms with Crippen LogP contribution in [0.2, 0.25) is 0 Å². The number of rotatable bonds is 7. The molecular weight excluding hydrogens is 360 g/mol. The molecule has 0 aliphatic rings. The molecule has 3 rings (SSSR count). The highest BCUT2D eigenvalue weighted by Gasteiger charge is 2.19. The second kappa shape index (κ2) is 8.20. The van der Waals surface area contributed by atoms with E-state index in [9.17, 15) is 14.4 Å². The van der Waals surface area contributed by atoms with Gasteiger partial charge in [0.2, 0.25) is 0 Å². The third-order valence-electron chi connectivity index (χ3n) is 4.53. The number of amides is 1. The minimum Gasteiger partial charge on any atom is -0.352 e. The normalized spacial score (nSPS) is 11.3. The Balaban J connectivity index is 1.95. The molecule has 9 nitrogen and oxygen atoms in total. The average Bonchev–Trinajstić information content (AvgIpc) is 3.17. The van der Waals surface area contributed by atoms with Crippen LogP contribution >= 0.6 is 0 Å². The number of carbonyl (C=O) groups is 1. The van der Waals surface area contributed by atoms with Crippen LogP contribution in [0.1, 0.15) is 49.2 Å². The molecule has 3 aromatic rings. The molecule has 2 N–H and O–H groups in total. The van der Waals surface area contributed by atoms with Gasteiger partial charge < -0.3 is 5.32 Å². The lowest BCUT2D eigenvalue weighted by Gasteiger charge is -2.14. The molecule has 1 amide bonds. The maximum atomic E-state index is 12.8. The highest BCUT2D eigenvalue weighted by atomic mass is 16.2. The quantitative estimate of drug-likeness (QED) is 0.595. The van der Waals surface area contributed by atoms with Crippen molar-refractivity contribution in [3.8, 4) is 0 Å². The number of aryl methyl sites for hydroxylation is 2. The number of fused-ring (bicyclic) bond motifs is 1. The van der Waals surface area contributed by atoms with Crippen LogP contribution in [0.5, 0.6) is 0 Å². The second-order valence-electron chi connectivity index (χ2n) is 6.83. The molecule has 0 aliphatic carbocycles. The van der Waals surface area contributed by atoms with Gasteiger partial charge in [-0.3, -0.25) is 23.8 Å². The summed E-state index contributed by atoms with van der Waals surface area (Å²) in [5, 5.41) is 7.11. The molecule has 0 atom stereocenters. The van der Waals surface area contributed by atoms with E-state index in [-0.39, 0.29) is 28.4 Å². The first-order chi connectivity index (χ1) is 13.4. The van der Waals surface area contributed by atoms with Gasteiger partial charge in [0.15, 0.2) is 5.65 Å². The Hall–Kier alpha value is -3.23. The lowest BCUT2D eigenvalue weighted by molar-refractivity contribution is 0.0954. The highest BCUT2D eigenvalue weighted by molar-refractivity contribution is 6.05. The van der Waals surface area contributed by atoms with E-state index < -0.39 is 11.2 Å². The van der Waals surface area contributed by atoms with Gasteiger partial charge in [0.1, 0.15) is 0 Å². The van der Waals surface area contributed by atoms with Gasteiger partial charge in [-0.2, -0.15) is 5.10 Å². The Morgan fingerprint density at radius 1 is 1.32 bits per heavy atom. The van der Waals surface area contributed by atoms with Crippen LogP contribution < -0.4 is 16.6 Å². The lowest BCUT2D eigenvalue weighted by Crippen LogP contribution is -2.33. The van der Waals surface area contributed by atoms with E-state index in [1.807, 2.05) is 26.1 Å². The third kappa shape index (κ3) is 3.88. The van der Waals surface area contributed by atoms with Crippen LogP contribution in [-0.4, -0.2) is 36.8 Å². The second-order valence-corrected chi connectivity index (χ2v) is 6.83. The van der Waals surface area contributed by atoms with Crippen molar-refractivity contribution in [2.75, 3.05) is 6.54 Å². The SMILES string of the molecule is CCn1c(=O)[nH]c(=O)c2c(C(=O)NCCCn3cccn3)cc(C(C)C)nc21. The first-order valence-corrected chi connectivity index (χ1v) is 9.35. The summed E-state index contributed by atoms with van der Waals surface area (Å²) >= 11 is 0. The summed E-state index contributed by atoms with van der Waals surface area (Å²) in [5.74, 6) is -0.322. The van der Waals surface area contributed by atoms with Crippen LogP contribution in [0.3, 0.4) is 0 Å². The summed E-state index contributed by atoms with van der Waals surface area (Å²) in [6.07, 6.45) is 4.26. The molecular formula is C19H24N6O3. The molecule has 28 heavy (non-hydrogen) atoms. The molecule has 0 bridgehead atoms. The van der Waals surface area contributed by atoms with E-state index in [0.717, 1.165) is 0 Å². The Kier molecular flexibility index (Phi) is 5.72. The zero-order chi connectivity index (χ0) is 20.3. The number of hydrogen-bond acceptors (Lipinski definition) is 5.